The van der Waals surface area contributed by atoms with Crippen LogP contribution in [-0.2, 0) is 6.54 Å². The monoisotopic (exact) mass is 433 g/mol. The highest BCUT2D eigenvalue weighted by Crippen LogP contribution is 2.34. The van der Waals surface area contributed by atoms with Crippen LogP contribution in [0, 0.1) is 6.92 Å². The van der Waals surface area contributed by atoms with E-state index in [-0.39, 0.29) is 5.56 Å². The fourth-order valence-corrected chi connectivity index (χ4v) is 4.26. The number of aromatic nitrogens is 3. The van der Waals surface area contributed by atoms with Crippen molar-refractivity contribution in [2.75, 3.05) is 0 Å². The Morgan fingerprint density at radius 3 is 2.50 bits per heavy atom. The third kappa shape index (κ3) is 3.18. The van der Waals surface area contributed by atoms with Crippen LogP contribution >= 0.6 is 23.2 Å². The smallest absolute Gasteiger partial charge is 0.259 e. The maximum atomic E-state index is 12.7. The molecule has 5 rings (SSSR count). The van der Waals surface area contributed by atoms with Crippen molar-refractivity contribution in [2.24, 2.45) is 0 Å². The summed E-state index contributed by atoms with van der Waals surface area (Å²) in [6, 6.07) is 19.1. The molecule has 0 aliphatic heterocycles. The van der Waals surface area contributed by atoms with Gasteiger partial charge in [0.25, 0.3) is 5.56 Å². The number of fused-ring (bicyclic) bond motifs is 2. The molecule has 0 atom stereocenters. The van der Waals surface area contributed by atoms with Gasteiger partial charge < -0.3 is 9.55 Å². The lowest BCUT2D eigenvalue weighted by Gasteiger charge is -2.07. The molecule has 5 aromatic rings. The summed E-state index contributed by atoms with van der Waals surface area (Å²) in [6.07, 6.45) is 1.99. The van der Waals surface area contributed by atoms with Crippen LogP contribution in [0.1, 0.15) is 11.1 Å². The molecule has 4 nitrogen and oxygen atoms in total. The summed E-state index contributed by atoms with van der Waals surface area (Å²) in [7, 11) is 0. The molecular formula is C24H17Cl2N3O. The zero-order chi connectivity index (χ0) is 20.8. The molecule has 0 saturated carbocycles. The Kier molecular flexibility index (Phi) is 4.61. The van der Waals surface area contributed by atoms with Crippen LogP contribution in [-0.4, -0.2) is 14.5 Å². The van der Waals surface area contributed by atoms with E-state index in [0.29, 0.717) is 33.3 Å². The van der Waals surface area contributed by atoms with E-state index in [2.05, 4.69) is 9.55 Å². The lowest BCUT2D eigenvalue weighted by atomic mass is 10.1. The number of nitrogens with one attached hydrogen (secondary N) is 1. The number of H-pyrrole nitrogens is 1. The number of hydrogen-bond donors (Lipinski definition) is 1. The second-order valence-electron chi connectivity index (χ2n) is 7.32. The number of nitrogens with zero attached hydrogens (tertiary/aromatic N) is 2. The van der Waals surface area contributed by atoms with E-state index in [9.17, 15) is 4.79 Å². The summed E-state index contributed by atoms with van der Waals surface area (Å²) in [4.78, 5) is 20.5. The zero-order valence-electron chi connectivity index (χ0n) is 16.1. The van der Waals surface area contributed by atoms with Gasteiger partial charge in [-0.3, -0.25) is 4.79 Å². The molecule has 0 bridgehead atoms. The molecule has 3 aromatic carbocycles. The molecule has 0 unspecified atom stereocenters. The van der Waals surface area contributed by atoms with Gasteiger partial charge in [-0.2, -0.15) is 0 Å². The Balaban J connectivity index is 1.73. The number of hydrogen-bond acceptors (Lipinski definition) is 2. The SMILES string of the molecule is Cc1cccc2c(=O)[nH]c(-c3cn(Cc4ccc(Cl)cc4)c4c(Cl)cccc34)nc12. The van der Waals surface area contributed by atoms with Gasteiger partial charge >= 0.3 is 0 Å². The Bertz CT molecular complexity index is 1470. The summed E-state index contributed by atoms with van der Waals surface area (Å²) >= 11 is 12.6. The molecule has 0 amide bonds. The van der Waals surface area contributed by atoms with Gasteiger partial charge in [-0.05, 0) is 42.3 Å². The van der Waals surface area contributed by atoms with Crippen molar-refractivity contribution in [3.63, 3.8) is 0 Å². The molecule has 0 radical (unpaired) electrons. The molecule has 0 aliphatic rings. The summed E-state index contributed by atoms with van der Waals surface area (Å²) in [6.45, 7) is 2.58. The summed E-state index contributed by atoms with van der Waals surface area (Å²) in [5.74, 6) is 0.531. The Hall–Kier alpha value is -3.08. The van der Waals surface area contributed by atoms with Gasteiger partial charge in [0.2, 0.25) is 0 Å². The second kappa shape index (κ2) is 7.31. The molecule has 148 valence electrons. The first-order valence-electron chi connectivity index (χ1n) is 9.53. The molecule has 30 heavy (non-hydrogen) atoms. The second-order valence-corrected chi connectivity index (χ2v) is 8.16. The van der Waals surface area contributed by atoms with Gasteiger partial charge in [-0.25, -0.2) is 4.98 Å². The average molecular weight is 434 g/mol. The van der Waals surface area contributed by atoms with Crippen LogP contribution in [0.15, 0.2) is 71.7 Å². The number of aromatic amines is 1. The Morgan fingerprint density at radius 2 is 1.70 bits per heavy atom. The van der Waals surface area contributed by atoms with E-state index in [4.69, 9.17) is 28.2 Å². The number of rotatable bonds is 3. The Labute approximate surface area is 182 Å². The number of aryl methyl sites for hydroxylation is 1. The third-order valence-electron chi connectivity index (χ3n) is 5.31. The van der Waals surface area contributed by atoms with E-state index in [1.807, 2.05) is 67.7 Å². The molecule has 0 saturated heterocycles. The average Bonchev–Trinajstić information content (AvgIpc) is 3.10. The third-order valence-corrected chi connectivity index (χ3v) is 5.87. The zero-order valence-corrected chi connectivity index (χ0v) is 17.6. The molecular weight excluding hydrogens is 417 g/mol. The number of halogens is 2. The van der Waals surface area contributed by atoms with E-state index in [0.717, 1.165) is 27.6 Å². The highest BCUT2D eigenvalue weighted by Gasteiger charge is 2.16. The maximum Gasteiger partial charge on any atom is 0.259 e. The minimum absolute atomic E-state index is 0.153. The predicted molar refractivity (Wildman–Crippen MR) is 124 cm³/mol. The van der Waals surface area contributed by atoms with E-state index >= 15 is 0 Å². The van der Waals surface area contributed by atoms with E-state index in [1.54, 1.807) is 6.07 Å². The first-order valence-corrected chi connectivity index (χ1v) is 10.3. The van der Waals surface area contributed by atoms with Crippen molar-refractivity contribution in [1.29, 1.82) is 0 Å². The van der Waals surface area contributed by atoms with Crippen LogP contribution in [0.3, 0.4) is 0 Å². The first kappa shape index (κ1) is 18.9. The molecule has 0 aliphatic carbocycles. The van der Waals surface area contributed by atoms with Crippen molar-refractivity contribution in [3.8, 4) is 11.4 Å². The van der Waals surface area contributed by atoms with Crippen LogP contribution in [0.4, 0.5) is 0 Å². The van der Waals surface area contributed by atoms with Crippen molar-refractivity contribution >= 4 is 45.0 Å². The topological polar surface area (TPSA) is 50.7 Å². The standard InChI is InChI=1S/C24H17Cl2N3O/c1-14-4-2-6-18-21(14)27-23(28-24(18)30)19-13-29(12-15-8-10-16(25)11-9-15)22-17(19)5-3-7-20(22)26/h2-11,13H,12H2,1H3,(H,27,28,30). The highest BCUT2D eigenvalue weighted by atomic mass is 35.5. The van der Waals surface area contributed by atoms with E-state index in [1.165, 1.54) is 0 Å². The minimum Gasteiger partial charge on any atom is -0.341 e. The molecule has 2 heterocycles. The largest absolute Gasteiger partial charge is 0.341 e. The molecule has 0 spiro atoms. The van der Waals surface area contributed by atoms with E-state index < -0.39 is 0 Å². The van der Waals surface area contributed by atoms with Crippen LogP contribution in [0.25, 0.3) is 33.2 Å². The van der Waals surface area contributed by atoms with Crippen LogP contribution in [0.5, 0.6) is 0 Å². The van der Waals surface area contributed by atoms with Crippen molar-refractivity contribution < 1.29 is 0 Å². The summed E-state index contributed by atoms with van der Waals surface area (Å²) < 4.78 is 2.08. The van der Waals surface area contributed by atoms with Crippen LogP contribution < -0.4 is 5.56 Å². The van der Waals surface area contributed by atoms with Gasteiger partial charge in [-0.1, -0.05) is 59.6 Å². The van der Waals surface area contributed by atoms with Gasteiger partial charge in [0.1, 0.15) is 5.82 Å². The minimum atomic E-state index is -0.153. The lowest BCUT2D eigenvalue weighted by molar-refractivity contribution is 0.837. The fourth-order valence-electron chi connectivity index (χ4n) is 3.85. The lowest BCUT2D eigenvalue weighted by Crippen LogP contribution is -2.10. The van der Waals surface area contributed by atoms with Crippen molar-refractivity contribution in [3.05, 3.63) is 98.4 Å². The molecule has 2 aromatic heterocycles. The normalized spacial score (nSPS) is 11.4. The summed E-state index contributed by atoms with van der Waals surface area (Å²) in [5.41, 5.74) is 4.35. The maximum absolute atomic E-state index is 12.7. The summed E-state index contributed by atoms with van der Waals surface area (Å²) in [5, 5.41) is 2.87. The van der Waals surface area contributed by atoms with Gasteiger partial charge in [0.05, 0.1) is 21.4 Å². The molecule has 6 heteroatoms. The molecule has 1 N–H and O–H groups in total. The van der Waals surface area contributed by atoms with Crippen molar-refractivity contribution in [2.45, 2.75) is 13.5 Å². The van der Waals surface area contributed by atoms with Crippen molar-refractivity contribution in [1.82, 2.24) is 14.5 Å². The van der Waals surface area contributed by atoms with Gasteiger partial charge in [0.15, 0.2) is 0 Å². The van der Waals surface area contributed by atoms with Crippen LogP contribution in [0.2, 0.25) is 10.0 Å². The highest BCUT2D eigenvalue weighted by molar-refractivity contribution is 6.35. The first-order chi connectivity index (χ1) is 14.5. The predicted octanol–water partition coefficient (Wildman–Crippen LogP) is 6.21. The quantitative estimate of drug-likeness (QED) is 0.367. The van der Waals surface area contributed by atoms with Gasteiger partial charge in [0, 0.05) is 28.7 Å². The number of para-hydroxylation sites is 2. The molecule has 0 fully saturated rings. The Morgan fingerprint density at radius 1 is 0.967 bits per heavy atom. The fraction of sp³-hybridized carbons (Fsp3) is 0.0833. The van der Waals surface area contributed by atoms with Gasteiger partial charge in [-0.15, -0.1) is 0 Å². The number of benzene rings is 3.